The Hall–Kier alpha value is -1.59. The Labute approximate surface area is 176 Å². The minimum atomic E-state index is -3.75. The highest BCUT2D eigenvalue weighted by atomic mass is 32.2. The first-order chi connectivity index (χ1) is 14.4. The maximum Gasteiger partial charge on any atom is 0.243 e. The van der Waals surface area contributed by atoms with Gasteiger partial charge in [0.25, 0.3) is 0 Å². The number of carbonyl (C=O) groups excluding carboxylic acids is 1. The van der Waals surface area contributed by atoms with E-state index in [1.807, 2.05) is 0 Å². The number of benzene rings is 1. The number of amides is 1. The molecule has 0 aromatic heterocycles. The molecule has 0 unspecified atom stereocenters. The zero-order chi connectivity index (χ0) is 21.1. The number of halogens is 1. The third-order valence-electron chi connectivity index (χ3n) is 6.05. The van der Waals surface area contributed by atoms with Crippen molar-refractivity contribution in [2.45, 2.75) is 24.0 Å². The van der Waals surface area contributed by atoms with Gasteiger partial charge in [-0.1, -0.05) is 6.07 Å². The molecule has 1 aromatic rings. The zero-order valence-corrected chi connectivity index (χ0v) is 17.7. The van der Waals surface area contributed by atoms with Gasteiger partial charge in [-0.05, 0) is 44.1 Å². The molecule has 0 bridgehead atoms. The van der Waals surface area contributed by atoms with Crippen LogP contribution in [0.2, 0.25) is 0 Å². The van der Waals surface area contributed by atoms with Crippen LogP contribution in [0.4, 0.5) is 4.39 Å². The number of nitrogens with zero attached hydrogens (tertiary/aromatic N) is 3. The van der Waals surface area contributed by atoms with Gasteiger partial charge in [-0.25, -0.2) is 12.8 Å². The number of hydrogen-bond acceptors (Lipinski definition) is 6. The highest BCUT2D eigenvalue weighted by Crippen LogP contribution is 2.26. The average Bonchev–Trinajstić information content (AvgIpc) is 3.29. The summed E-state index contributed by atoms with van der Waals surface area (Å²) >= 11 is 0. The second-order valence-electron chi connectivity index (χ2n) is 7.97. The van der Waals surface area contributed by atoms with Gasteiger partial charge in [0.2, 0.25) is 15.9 Å². The van der Waals surface area contributed by atoms with Crippen molar-refractivity contribution in [2.75, 3.05) is 59.0 Å². The third-order valence-corrected chi connectivity index (χ3v) is 7.94. The standard InChI is InChI=1S/C20H28FN3O5S/c21-17-2-1-3-18(14-17)30(26,27)24-10-8-23(9-11-24)19(25)15-22-6-4-16(5-7-22)20-28-12-13-29-20/h1-3,14,16,20H,4-13,15H2. The van der Waals surface area contributed by atoms with Gasteiger partial charge in [0.1, 0.15) is 5.82 Å². The Morgan fingerprint density at radius 2 is 1.70 bits per heavy atom. The molecule has 3 heterocycles. The zero-order valence-electron chi connectivity index (χ0n) is 16.9. The normalized spacial score (nSPS) is 23.2. The molecule has 0 spiro atoms. The van der Waals surface area contributed by atoms with E-state index in [0.717, 1.165) is 32.0 Å². The Morgan fingerprint density at radius 3 is 2.33 bits per heavy atom. The summed E-state index contributed by atoms with van der Waals surface area (Å²) < 4.78 is 51.3. The molecule has 0 N–H and O–H groups in total. The van der Waals surface area contributed by atoms with Gasteiger partial charge in [-0.2, -0.15) is 4.31 Å². The van der Waals surface area contributed by atoms with E-state index >= 15 is 0 Å². The van der Waals surface area contributed by atoms with E-state index in [1.54, 1.807) is 4.90 Å². The molecule has 0 aliphatic carbocycles. The molecule has 8 nitrogen and oxygen atoms in total. The van der Waals surface area contributed by atoms with E-state index in [-0.39, 0.29) is 30.2 Å². The summed E-state index contributed by atoms with van der Waals surface area (Å²) in [6.07, 6.45) is 1.78. The summed E-state index contributed by atoms with van der Waals surface area (Å²) in [5.74, 6) is -0.181. The van der Waals surface area contributed by atoms with Crippen LogP contribution in [0.25, 0.3) is 0 Å². The first kappa shape index (κ1) is 21.6. The lowest BCUT2D eigenvalue weighted by Crippen LogP contribution is -2.53. The van der Waals surface area contributed by atoms with Crippen LogP contribution in [0.15, 0.2) is 29.2 Å². The van der Waals surface area contributed by atoms with Crippen molar-refractivity contribution < 1.29 is 27.1 Å². The molecule has 3 saturated heterocycles. The molecule has 0 saturated carbocycles. The summed E-state index contributed by atoms with van der Waals surface area (Å²) in [5.41, 5.74) is 0. The molecule has 30 heavy (non-hydrogen) atoms. The maximum atomic E-state index is 13.4. The molecule has 0 radical (unpaired) electrons. The van der Waals surface area contributed by atoms with Crippen LogP contribution in [0, 0.1) is 11.7 Å². The van der Waals surface area contributed by atoms with Gasteiger partial charge in [-0.15, -0.1) is 0 Å². The van der Waals surface area contributed by atoms with Crippen LogP contribution < -0.4 is 0 Å². The summed E-state index contributed by atoms with van der Waals surface area (Å²) in [7, 11) is -3.75. The van der Waals surface area contributed by atoms with E-state index in [0.29, 0.717) is 38.8 Å². The van der Waals surface area contributed by atoms with Gasteiger partial charge < -0.3 is 14.4 Å². The van der Waals surface area contributed by atoms with Crippen molar-refractivity contribution in [1.82, 2.24) is 14.1 Å². The lowest BCUT2D eigenvalue weighted by atomic mass is 9.96. The highest BCUT2D eigenvalue weighted by molar-refractivity contribution is 7.89. The van der Waals surface area contributed by atoms with Crippen molar-refractivity contribution in [3.05, 3.63) is 30.1 Å². The van der Waals surface area contributed by atoms with Gasteiger partial charge in [-0.3, -0.25) is 9.69 Å². The molecular formula is C20H28FN3O5S. The number of piperidine rings is 1. The second kappa shape index (κ2) is 9.27. The first-order valence-electron chi connectivity index (χ1n) is 10.4. The van der Waals surface area contributed by atoms with Crippen molar-refractivity contribution in [2.24, 2.45) is 5.92 Å². The van der Waals surface area contributed by atoms with E-state index in [9.17, 15) is 17.6 Å². The van der Waals surface area contributed by atoms with Gasteiger partial charge in [0.15, 0.2) is 6.29 Å². The SMILES string of the molecule is O=C(CN1CCC(C2OCCO2)CC1)N1CCN(S(=O)(=O)c2cccc(F)c2)CC1. The lowest BCUT2D eigenvalue weighted by Gasteiger charge is -2.37. The molecular weight excluding hydrogens is 413 g/mol. The Balaban J connectivity index is 1.24. The molecule has 1 aromatic carbocycles. The topological polar surface area (TPSA) is 79.4 Å². The van der Waals surface area contributed by atoms with Crippen molar-refractivity contribution >= 4 is 15.9 Å². The largest absolute Gasteiger partial charge is 0.350 e. The fourth-order valence-corrected chi connectivity index (χ4v) is 5.73. The maximum absolute atomic E-state index is 13.4. The smallest absolute Gasteiger partial charge is 0.243 e. The molecule has 3 fully saturated rings. The number of carbonyl (C=O) groups is 1. The van der Waals surface area contributed by atoms with E-state index in [2.05, 4.69) is 4.90 Å². The number of sulfonamides is 1. The molecule has 0 atom stereocenters. The molecule has 166 valence electrons. The Morgan fingerprint density at radius 1 is 1.03 bits per heavy atom. The highest BCUT2D eigenvalue weighted by Gasteiger charge is 2.33. The number of rotatable bonds is 5. The van der Waals surface area contributed by atoms with E-state index in [1.165, 1.54) is 22.5 Å². The quantitative estimate of drug-likeness (QED) is 0.671. The van der Waals surface area contributed by atoms with Crippen molar-refractivity contribution in [3.8, 4) is 0 Å². The first-order valence-corrected chi connectivity index (χ1v) is 11.9. The number of ether oxygens (including phenoxy) is 2. The van der Waals surface area contributed by atoms with Crippen molar-refractivity contribution in [1.29, 1.82) is 0 Å². The second-order valence-corrected chi connectivity index (χ2v) is 9.90. The van der Waals surface area contributed by atoms with Crippen LogP contribution in [0.3, 0.4) is 0 Å². The van der Waals surface area contributed by atoms with Gasteiger partial charge in [0.05, 0.1) is 24.7 Å². The Bertz CT molecular complexity index is 846. The van der Waals surface area contributed by atoms with E-state index in [4.69, 9.17) is 9.47 Å². The van der Waals surface area contributed by atoms with Gasteiger partial charge >= 0.3 is 0 Å². The van der Waals surface area contributed by atoms with Crippen LogP contribution >= 0.6 is 0 Å². The minimum Gasteiger partial charge on any atom is -0.350 e. The van der Waals surface area contributed by atoms with Crippen molar-refractivity contribution in [3.63, 3.8) is 0 Å². The summed E-state index contributed by atoms with van der Waals surface area (Å²) in [6, 6.07) is 5.02. The van der Waals surface area contributed by atoms with Crippen LogP contribution in [0.1, 0.15) is 12.8 Å². The number of likely N-dealkylation sites (tertiary alicyclic amines) is 1. The number of piperazine rings is 1. The third kappa shape index (κ3) is 4.83. The predicted molar refractivity (Wildman–Crippen MR) is 107 cm³/mol. The fraction of sp³-hybridized carbons (Fsp3) is 0.650. The Kier molecular flexibility index (Phi) is 6.69. The summed E-state index contributed by atoms with van der Waals surface area (Å²) in [5, 5.41) is 0. The van der Waals surface area contributed by atoms with Gasteiger partial charge in [0, 0.05) is 32.1 Å². The molecule has 10 heteroatoms. The summed E-state index contributed by atoms with van der Waals surface area (Å²) in [4.78, 5) is 16.5. The minimum absolute atomic E-state index is 0.0182. The molecule has 3 aliphatic rings. The monoisotopic (exact) mass is 441 g/mol. The lowest BCUT2D eigenvalue weighted by molar-refractivity contribution is -0.135. The fourth-order valence-electron chi connectivity index (χ4n) is 4.28. The average molecular weight is 442 g/mol. The van der Waals surface area contributed by atoms with Crippen LogP contribution in [-0.4, -0.2) is 93.7 Å². The predicted octanol–water partition coefficient (Wildman–Crippen LogP) is 0.744. The summed E-state index contributed by atoms with van der Waals surface area (Å²) in [6.45, 7) is 4.42. The van der Waals surface area contributed by atoms with Crippen LogP contribution in [0.5, 0.6) is 0 Å². The molecule has 1 amide bonds. The number of hydrogen-bond donors (Lipinski definition) is 0. The van der Waals surface area contributed by atoms with E-state index < -0.39 is 15.8 Å². The van der Waals surface area contributed by atoms with Crippen LogP contribution in [-0.2, 0) is 24.3 Å². The molecule has 4 rings (SSSR count). The molecule has 3 aliphatic heterocycles.